The molecule has 5 nitrogen and oxygen atoms in total. The molecule has 0 aliphatic carbocycles. The van der Waals surface area contributed by atoms with E-state index in [1.165, 1.54) is 0 Å². The highest BCUT2D eigenvalue weighted by molar-refractivity contribution is 14.1. The van der Waals surface area contributed by atoms with Gasteiger partial charge in [0.15, 0.2) is 0 Å². The molecule has 0 saturated heterocycles. The molecule has 0 radical (unpaired) electrons. The summed E-state index contributed by atoms with van der Waals surface area (Å²) in [5, 5.41) is 16.6. The number of carboxylic acid groups (broad SMARTS) is 2. The molecule has 0 saturated carbocycles. The van der Waals surface area contributed by atoms with Crippen molar-refractivity contribution < 1.29 is 19.8 Å². The third-order valence-corrected chi connectivity index (χ3v) is 1.83. The summed E-state index contributed by atoms with van der Waals surface area (Å²) in [4.78, 5) is 20.3. The molecule has 6 heteroatoms. The lowest BCUT2D eigenvalue weighted by Gasteiger charge is -2.06. The largest absolute Gasteiger partial charge is 0.481 e. The highest BCUT2D eigenvalue weighted by Crippen LogP contribution is 1.99. The summed E-state index contributed by atoms with van der Waals surface area (Å²) in [6.07, 6.45) is -0.0272. The molecule has 0 heterocycles. The van der Waals surface area contributed by atoms with E-state index in [0.717, 1.165) is 0 Å². The summed E-state index contributed by atoms with van der Waals surface area (Å²) in [6.45, 7) is 0. The van der Waals surface area contributed by atoms with Gasteiger partial charge in [-0.3, -0.25) is 9.59 Å². The normalized spacial score (nSPS) is 12.5. The molecule has 0 fully saturated rings. The second kappa shape index (κ2) is 5.30. The van der Waals surface area contributed by atoms with Gasteiger partial charge in [0.2, 0.25) is 0 Å². The number of nitrogens with one attached hydrogen (secondary N) is 1. The summed E-state index contributed by atoms with van der Waals surface area (Å²) >= 11 is 1.69. The van der Waals surface area contributed by atoms with Crippen molar-refractivity contribution in [2.75, 3.05) is 0 Å². The Labute approximate surface area is 77.3 Å². The smallest absolute Gasteiger partial charge is 0.321 e. The summed E-state index contributed by atoms with van der Waals surface area (Å²) in [5.74, 6) is -2.01. The van der Waals surface area contributed by atoms with E-state index in [-0.39, 0.29) is 12.8 Å². The topological polar surface area (TPSA) is 86.6 Å². The van der Waals surface area contributed by atoms with E-state index in [1.54, 1.807) is 22.9 Å². The van der Waals surface area contributed by atoms with Crippen molar-refractivity contribution in [3.8, 4) is 0 Å². The van der Waals surface area contributed by atoms with Crippen molar-refractivity contribution in [2.24, 2.45) is 0 Å². The van der Waals surface area contributed by atoms with Gasteiger partial charge in [-0.25, -0.2) is 3.53 Å². The standard InChI is InChI=1S/C5H8INO4/c6-7-3(5(10)11)1-2-4(8)9/h3,7H,1-2H2,(H,8,9)(H,10,11)/t3-/m0/s1. The van der Waals surface area contributed by atoms with Crippen LogP contribution in [0.4, 0.5) is 0 Å². The fourth-order valence-corrected chi connectivity index (χ4v) is 1.07. The quantitative estimate of drug-likeness (QED) is 0.493. The van der Waals surface area contributed by atoms with Gasteiger partial charge in [-0.15, -0.1) is 0 Å². The number of aliphatic carboxylic acids is 2. The Morgan fingerprint density at radius 1 is 1.45 bits per heavy atom. The van der Waals surface area contributed by atoms with Gasteiger partial charge in [-0.05, 0) is 6.42 Å². The van der Waals surface area contributed by atoms with Crippen molar-refractivity contribution in [3.05, 3.63) is 0 Å². The number of hydrogen-bond acceptors (Lipinski definition) is 3. The first-order valence-electron chi connectivity index (χ1n) is 2.88. The first-order chi connectivity index (χ1) is 5.07. The molecule has 0 aliphatic heterocycles. The molecule has 64 valence electrons. The van der Waals surface area contributed by atoms with Gasteiger partial charge in [0.1, 0.15) is 6.04 Å². The Hall–Kier alpha value is -0.370. The maximum Gasteiger partial charge on any atom is 0.321 e. The third-order valence-electron chi connectivity index (χ3n) is 1.08. The number of rotatable bonds is 5. The van der Waals surface area contributed by atoms with Crippen LogP contribution in [0.3, 0.4) is 0 Å². The van der Waals surface area contributed by atoms with E-state index < -0.39 is 18.0 Å². The van der Waals surface area contributed by atoms with E-state index in [9.17, 15) is 9.59 Å². The predicted octanol–water partition coefficient (Wildman–Crippen LogP) is 0.244. The van der Waals surface area contributed by atoms with Crippen LogP contribution in [0.1, 0.15) is 12.8 Å². The van der Waals surface area contributed by atoms with Gasteiger partial charge in [0.05, 0.1) is 0 Å². The summed E-state index contributed by atoms with van der Waals surface area (Å²) in [7, 11) is 0. The molecule has 1 atom stereocenters. The van der Waals surface area contributed by atoms with Crippen molar-refractivity contribution >= 4 is 34.8 Å². The van der Waals surface area contributed by atoms with E-state index >= 15 is 0 Å². The molecular formula is C5H8INO4. The lowest BCUT2D eigenvalue weighted by atomic mass is 10.2. The van der Waals surface area contributed by atoms with Crippen LogP contribution in [-0.2, 0) is 9.59 Å². The molecule has 0 rings (SSSR count). The molecule has 0 bridgehead atoms. The third kappa shape index (κ3) is 4.96. The lowest BCUT2D eigenvalue weighted by molar-refractivity contribution is -0.140. The van der Waals surface area contributed by atoms with Crippen molar-refractivity contribution in [2.45, 2.75) is 18.9 Å². The zero-order valence-corrected chi connectivity index (χ0v) is 7.74. The summed E-state index contributed by atoms with van der Waals surface area (Å²) < 4.78 is 2.46. The molecule has 0 unspecified atom stereocenters. The molecule has 0 aromatic carbocycles. The monoisotopic (exact) mass is 273 g/mol. The van der Waals surface area contributed by atoms with Gasteiger partial charge in [0.25, 0.3) is 0 Å². The highest BCUT2D eigenvalue weighted by atomic mass is 127. The van der Waals surface area contributed by atoms with Crippen LogP contribution in [0.5, 0.6) is 0 Å². The minimum Gasteiger partial charge on any atom is -0.481 e. The Balaban J connectivity index is 3.70. The second-order valence-electron chi connectivity index (χ2n) is 1.93. The van der Waals surface area contributed by atoms with Crippen LogP contribution in [0.15, 0.2) is 0 Å². The van der Waals surface area contributed by atoms with Crippen LogP contribution < -0.4 is 3.53 Å². The van der Waals surface area contributed by atoms with Crippen molar-refractivity contribution in [1.82, 2.24) is 3.53 Å². The number of halogens is 1. The minimum atomic E-state index is -1.03. The van der Waals surface area contributed by atoms with Gasteiger partial charge in [-0.2, -0.15) is 0 Å². The van der Waals surface area contributed by atoms with Gasteiger partial charge in [-0.1, -0.05) is 0 Å². The molecule has 0 amide bonds. The van der Waals surface area contributed by atoms with Crippen molar-refractivity contribution in [3.63, 3.8) is 0 Å². The van der Waals surface area contributed by atoms with Gasteiger partial charge in [0, 0.05) is 29.3 Å². The predicted molar refractivity (Wildman–Crippen MR) is 45.4 cm³/mol. The molecule has 11 heavy (non-hydrogen) atoms. The molecule has 0 aromatic rings. The highest BCUT2D eigenvalue weighted by Gasteiger charge is 2.16. The zero-order valence-electron chi connectivity index (χ0n) is 5.58. The zero-order chi connectivity index (χ0) is 8.85. The van der Waals surface area contributed by atoms with Crippen LogP contribution in [-0.4, -0.2) is 28.2 Å². The van der Waals surface area contributed by atoms with Crippen LogP contribution in [0, 0.1) is 0 Å². The molecule has 3 N–H and O–H groups in total. The van der Waals surface area contributed by atoms with E-state index in [1.807, 2.05) is 0 Å². The lowest BCUT2D eigenvalue weighted by Crippen LogP contribution is -2.30. The van der Waals surface area contributed by atoms with Crippen LogP contribution >= 0.6 is 22.9 Å². The molecular weight excluding hydrogens is 265 g/mol. The average Bonchev–Trinajstić information content (AvgIpc) is 1.87. The maximum atomic E-state index is 10.3. The summed E-state index contributed by atoms with van der Waals surface area (Å²) in [6, 6.07) is -0.772. The molecule has 0 aliphatic rings. The Bertz CT molecular complexity index is 161. The SMILES string of the molecule is O=C(O)CC[C@H](NI)C(=O)O. The van der Waals surface area contributed by atoms with Crippen LogP contribution in [0.2, 0.25) is 0 Å². The summed E-state index contributed by atoms with van der Waals surface area (Å²) in [5.41, 5.74) is 0. The van der Waals surface area contributed by atoms with E-state index in [2.05, 4.69) is 3.53 Å². The minimum absolute atomic E-state index is 0.105. The second-order valence-corrected chi connectivity index (χ2v) is 2.56. The van der Waals surface area contributed by atoms with Crippen molar-refractivity contribution in [1.29, 1.82) is 0 Å². The number of carboxylic acids is 2. The fourth-order valence-electron chi connectivity index (χ4n) is 0.493. The Kier molecular flexibility index (Phi) is 5.12. The number of hydrogen-bond donors (Lipinski definition) is 3. The average molecular weight is 273 g/mol. The first kappa shape index (κ1) is 10.6. The molecule has 0 spiro atoms. The van der Waals surface area contributed by atoms with E-state index in [0.29, 0.717) is 0 Å². The van der Waals surface area contributed by atoms with Gasteiger partial charge < -0.3 is 10.2 Å². The Morgan fingerprint density at radius 3 is 2.27 bits per heavy atom. The van der Waals surface area contributed by atoms with E-state index in [4.69, 9.17) is 10.2 Å². The fraction of sp³-hybridized carbons (Fsp3) is 0.600. The molecule has 0 aromatic heterocycles. The maximum absolute atomic E-state index is 10.3. The Morgan fingerprint density at radius 2 is 2.00 bits per heavy atom. The van der Waals surface area contributed by atoms with Crippen LogP contribution in [0.25, 0.3) is 0 Å². The first-order valence-corrected chi connectivity index (χ1v) is 3.96. The van der Waals surface area contributed by atoms with Gasteiger partial charge >= 0.3 is 11.9 Å². The number of carbonyl (C=O) groups is 2.